The van der Waals surface area contributed by atoms with Crippen LogP contribution in [-0.2, 0) is 0 Å². The van der Waals surface area contributed by atoms with Crippen molar-refractivity contribution >= 4 is 10.9 Å². The highest BCUT2D eigenvalue weighted by molar-refractivity contribution is 5.79. The predicted octanol–water partition coefficient (Wildman–Crippen LogP) is 3.93. The summed E-state index contributed by atoms with van der Waals surface area (Å²) in [5.74, 6) is 0. The highest BCUT2D eigenvalue weighted by atomic mass is 16.3. The summed E-state index contributed by atoms with van der Waals surface area (Å²) in [5.41, 5.74) is 5.08. The van der Waals surface area contributed by atoms with Gasteiger partial charge >= 0.3 is 0 Å². The Balaban J connectivity index is 2.10. The van der Waals surface area contributed by atoms with Crippen LogP contribution < -0.4 is 0 Å². The smallest absolute Gasteiger partial charge is 0.105 e. The molecule has 0 aliphatic rings. The normalized spacial score (nSPS) is 12.6. The standard InChI is InChI=1S/C18H17NO/c1-12-5-3-6-13(2)17(12)18(20)15-8-9-16-14(11-15)7-4-10-19-16/h3-11,18,20H,1-2H3. The van der Waals surface area contributed by atoms with E-state index in [1.54, 1.807) is 6.20 Å². The molecule has 0 aliphatic carbocycles. The molecule has 0 aliphatic heterocycles. The van der Waals surface area contributed by atoms with Gasteiger partial charge in [0.25, 0.3) is 0 Å². The van der Waals surface area contributed by atoms with Gasteiger partial charge in [0.1, 0.15) is 6.10 Å². The van der Waals surface area contributed by atoms with E-state index in [9.17, 15) is 5.11 Å². The average molecular weight is 263 g/mol. The number of pyridine rings is 1. The lowest BCUT2D eigenvalue weighted by Gasteiger charge is -2.17. The first-order chi connectivity index (χ1) is 9.66. The number of nitrogens with zero attached hydrogens (tertiary/aromatic N) is 1. The SMILES string of the molecule is Cc1cccc(C)c1C(O)c1ccc2ncccc2c1. The van der Waals surface area contributed by atoms with Crippen molar-refractivity contribution in [1.29, 1.82) is 0 Å². The molecule has 2 nitrogen and oxygen atoms in total. The van der Waals surface area contributed by atoms with Crippen LogP contribution in [-0.4, -0.2) is 10.1 Å². The maximum absolute atomic E-state index is 10.7. The van der Waals surface area contributed by atoms with Gasteiger partial charge in [-0.25, -0.2) is 0 Å². The highest BCUT2D eigenvalue weighted by Gasteiger charge is 2.15. The summed E-state index contributed by atoms with van der Waals surface area (Å²) in [6.45, 7) is 4.07. The number of hydrogen-bond donors (Lipinski definition) is 1. The van der Waals surface area contributed by atoms with E-state index in [4.69, 9.17) is 0 Å². The molecular formula is C18H17NO. The monoisotopic (exact) mass is 263 g/mol. The van der Waals surface area contributed by atoms with Gasteiger partial charge in [-0.05, 0) is 54.3 Å². The van der Waals surface area contributed by atoms with Crippen molar-refractivity contribution in [2.45, 2.75) is 20.0 Å². The van der Waals surface area contributed by atoms with Gasteiger partial charge in [0, 0.05) is 11.6 Å². The summed E-state index contributed by atoms with van der Waals surface area (Å²) in [7, 11) is 0. The maximum Gasteiger partial charge on any atom is 0.105 e. The number of aliphatic hydroxyl groups excluding tert-OH is 1. The molecule has 3 rings (SSSR count). The molecule has 0 saturated carbocycles. The zero-order chi connectivity index (χ0) is 14.1. The van der Waals surface area contributed by atoms with Gasteiger partial charge in [-0.3, -0.25) is 4.98 Å². The van der Waals surface area contributed by atoms with E-state index < -0.39 is 6.10 Å². The fourth-order valence-electron chi connectivity index (χ4n) is 2.69. The van der Waals surface area contributed by atoms with Crippen LogP contribution in [0.5, 0.6) is 0 Å². The molecule has 3 aromatic rings. The fourth-order valence-corrected chi connectivity index (χ4v) is 2.69. The van der Waals surface area contributed by atoms with Crippen LogP contribution >= 0.6 is 0 Å². The minimum atomic E-state index is -0.596. The Kier molecular flexibility index (Phi) is 3.25. The largest absolute Gasteiger partial charge is 0.384 e. The molecule has 1 heterocycles. The molecule has 100 valence electrons. The summed E-state index contributed by atoms with van der Waals surface area (Å²) in [6, 6.07) is 15.9. The fraction of sp³-hybridized carbons (Fsp3) is 0.167. The minimum absolute atomic E-state index is 0.596. The minimum Gasteiger partial charge on any atom is -0.384 e. The summed E-state index contributed by atoms with van der Waals surface area (Å²) in [5, 5.41) is 11.7. The van der Waals surface area contributed by atoms with Gasteiger partial charge in [0.2, 0.25) is 0 Å². The zero-order valence-corrected chi connectivity index (χ0v) is 11.7. The Morgan fingerprint density at radius 1 is 0.950 bits per heavy atom. The lowest BCUT2D eigenvalue weighted by Crippen LogP contribution is -2.04. The third kappa shape index (κ3) is 2.19. The summed E-state index contributed by atoms with van der Waals surface area (Å²) in [6.07, 6.45) is 1.19. The number of aliphatic hydroxyl groups is 1. The third-order valence-corrected chi connectivity index (χ3v) is 3.76. The van der Waals surface area contributed by atoms with Crippen LogP contribution in [0.25, 0.3) is 10.9 Å². The van der Waals surface area contributed by atoms with Gasteiger partial charge < -0.3 is 5.11 Å². The lowest BCUT2D eigenvalue weighted by molar-refractivity contribution is 0.219. The molecule has 0 spiro atoms. The Hall–Kier alpha value is -2.19. The molecule has 0 fully saturated rings. The van der Waals surface area contributed by atoms with Crippen LogP contribution in [0.1, 0.15) is 28.4 Å². The molecule has 0 radical (unpaired) electrons. The number of aromatic nitrogens is 1. The van der Waals surface area contributed by atoms with Crippen molar-refractivity contribution in [2.75, 3.05) is 0 Å². The Labute approximate surface area is 118 Å². The number of hydrogen-bond acceptors (Lipinski definition) is 2. The van der Waals surface area contributed by atoms with E-state index in [0.717, 1.165) is 33.2 Å². The summed E-state index contributed by atoms with van der Waals surface area (Å²) < 4.78 is 0. The van der Waals surface area contributed by atoms with E-state index in [1.807, 2.05) is 62.4 Å². The van der Waals surface area contributed by atoms with Crippen LogP contribution in [0, 0.1) is 13.8 Å². The molecule has 0 bridgehead atoms. The quantitative estimate of drug-likeness (QED) is 0.760. The number of benzene rings is 2. The van der Waals surface area contributed by atoms with Gasteiger partial charge in [0.05, 0.1) is 5.52 Å². The molecule has 1 aromatic heterocycles. The van der Waals surface area contributed by atoms with E-state index in [2.05, 4.69) is 4.98 Å². The molecular weight excluding hydrogens is 246 g/mol. The van der Waals surface area contributed by atoms with Gasteiger partial charge in [-0.15, -0.1) is 0 Å². The van der Waals surface area contributed by atoms with Crippen molar-refractivity contribution < 1.29 is 5.11 Å². The second kappa shape index (κ2) is 5.06. The molecule has 2 aromatic carbocycles. The van der Waals surface area contributed by atoms with Gasteiger partial charge in [-0.2, -0.15) is 0 Å². The van der Waals surface area contributed by atoms with Gasteiger partial charge in [0.15, 0.2) is 0 Å². The molecule has 0 amide bonds. The van der Waals surface area contributed by atoms with Crippen LogP contribution in [0.2, 0.25) is 0 Å². The summed E-state index contributed by atoms with van der Waals surface area (Å²) in [4.78, 5) is 4.31. The maximum atomic E-state index is 10.7. The number of fused-ring (bicyclic) bond motifs is 1. The van der Waals surface area contributed by atoms with Crippen molar-refractivity contribution in [3.63, 3.8) is 0 Å². The molecule has 1 unspecified atom stereocenters. The molecule has 1 atom stereocenters. The predicted molar refractivity (Wildman–Crippen MR) is 81.7 cm³/mol. The third-order valence-electron chi connectivity index (χ3n) is 3.76. The van der Waals surface area contributed by atoms with Crippen LogP contribution in [0.15, 0.2) is 54.7 Å². The Bertz CT molecular complexity index is 744. The van der Waals surface area contributed by atoms with E-state index in [0.29, 0.717) is 0 Å². The van der Waals surface area contributed by atoms with Crippen LogP contribution in [0.3, 0.4) is 0 Å². The first-order valence-electron chi connectivity index (χ1n) is 6.75. The highest BCUT2D eigenvalue weighted by Crippen LogP contribution is 2.29. The summed E-state index contributed by atoms with van der Waals surface area (Å²) >= 11 is 0. The van der Waals surface area contributed by atoms with Crippen molar-refractivity contribution in [2.24, 2.45) is 0 Å². The lowest BCUT2D eigenvalue weighted by atomic mass is 9.93. The second-order valence-corrected chi connectivity index (χ2v) is 5.16. The Morgan fingerprint density at radius 2 is 1.70 bits per heavy atom. The van der Waals surface area contributed by atoms with Gasteiger partial charge in [-0.1, -0.05) is 30.3 Å². The second-order valence-electron chi connectivity index (χ2n) is 5.16. The van der Waals surface area contributed by atoms with Crippen LogP contribution in [0.4, 0.5) is 0 Å². The van der Waals surface area contributed by atoms with Crippen molar-refractivity contribution in [3.05, 3.63) is 77.0 Å². The average Bonchev–Trinajstić information content (AvgIpc) is 2.46. The molecule has 20 heavy (non-hydrogen) atoms. The van der Waals surface area contributed by atoms with E-state index >= 15 is 0 Å². The topological polar surface area (TPSA) is 33.1 Å². The first kappa shape index (κ1) is 12.8. The Morgan fingerprint density at radius 3 is 2.45 bits per heavy atom. The first-order valence-corrected chi connectivity index (χ1v) is 6.75. The molecule has 0 saturated heterocycles. The number of rotatable bonds is 2. The molecule has 2 heteroatoms. The van der Waals surface area contributed by atoms with Crippen molar-refractivity contribution in [3.8, 4) is 0 Å². The molecule has 1 N–H and O–H groups in total. The van der Waals surface area contributed by atoms with E-state index in [-0.39, 0.29) is 0 Å². The zero-order valence-electron chi connectivity index (χ0n) is 11.7. The van der Waals surface area contributed by atoms with E-state index in [1.165, 1.54) is 0 Å². The number of aryl methyl sites for hydroxylation is 2. The van der Waals surface area contributed by atoms with Crippen molar-refractivity contribution in [1.82, 2.24) is 4.98 Å².